The summed E-state index contributed by atoms with van der Waals surface area (Å²) in [5.41, 5.74) is 1.60. The van der Waals surface area contributed by atoms with Gasteiger partial charge >= 0.3 is 5.97 Å². The van der Waals surface area contributed by atoms with Gasteiger partial charge in [0.1, 0.15) is 0 Å². The van der Waals surface area contributed by atoms with E-state index >= 15 is 0 Å². The molecule has 19 heavy (non-hydrogen) atoms. The van der Waals surface area contributed by atoms with E-state index in [2.05, 4.69) is 11.9 Å². The monoisotopic (exact) mass is 261 g/mol. The number of hydrogen-bond acceptors (Lipinski definition) is 2. The standard InChI is InChI=1S/C15H19NO3/c1-2-12-7-9-13(10-8-12)15(19)16-11-5-3-4-6-14(17)18/h2,7-10H,1,3-6,11H2,(H,16,19)(H,17,18). The van der Waals surface area contributed by atoms with Gasteiger partial charge in [-0.25, -0.2) is 0 Å². The fourth-order valence-corrected chi connectivity index (χ4v) is 1.65. The van der Waals surface area contributed by atoms with E-state index in [4.69, 9.17) is 5.11 Å². The van der Waals surface area contributed by atoms with Crippen LogP contribution in [0.4, 0.5) is 0 Å². The number of nitrogens with one attached hydrogen (secondary N) is 1. The molecule has 0 bridgehead atoms. The van der Waals surface area contributed by atoms with E-state index in [0.29, 0.717) is 18.5 Å². The largest absolute Gasteiger partial charge is 0.481 e. The highest BCUT2D eigenvalue weighted by molar-refractivity contribution is 5.94. The molecule has 0 spiro atoms. The average molecular weight is 261 g/mol. The van der Waals surface area contributed by atoms with Crippen LogP contribution in [0.5, 0.6) is 0 Å². The van der Waals surface area contributed by atoms with Crippen LogP contribution in [0, 0.1) is 0 Å². The summed E-state index contributed by atoms with van der Waals surface area (Å²) in [4.78, 5) is 22.1. The number of hydrogen-bond donors (Lipinski definition) is 2. The van der Waals surface area contributed by atoms with Gasteiger partial charge in [0.15, 0.2) is 0 Å². The molecule has 1 aromatic carbocycles. The first kappa shape index (κ1) is 15.0. The summed E-state index contributed by atoms with van der Waals surface area (Å²) in [5, 5.41) is 11.3. The van der Waals surface area contributed by atoms with Crippen LogP contribution in [0.15, 0.2) is 30.8 Å². The second-order valence-electron chi connectivity index (χ2n) is 4.29. The Morgan fingerprint density at radius 1 is 1.16 bits per heavy atom. The van der Waals surface area contributed by atoms with E-state index in [9.17, 15) is 9.59 Å². The second-order valence-corrected chi connectivity index (χ2v) is 4.29. The lowest BCUT2D eigenvalue weighted by Gasteiger charge is -2.05. The Bertz CT molecular complexity index is 437. The molecular weight excluding hydrogens is 242 g/mol. The molecule has 0 aliphatic rings. The second kappa shape index (κ2) is 8.08. The van der Waals surface area contributed by atoms with E-state index in [0.717, 1.165) is 18.4 Å². The minimum absolute atomic E-state index is 0.103. The summed E-state index contributed by atoms with van der Waals surface area (Å²) in [5.74, 6) is -0.875. The SMILES string of the molecule is C=Cc1ccc(C(=O)NCCCCCC(=O)O)cc1. The lowest BCUT2D eigenvalue weighted by molar-refractivity contribution is -0.137. The van der Waals surface area contributed by atoms with Crippen molar-refractivity contribution in [3.8, 4) is 0 Å². The van der Waals surface area contributed by atoms with Crippen LogP contribution in [-0.2, 0) is 4.79 Å². The molecule has 0 aliphatic heterocycles. The zero-order chi connectivity index (χ0) is 14.1. The molecule has 2 N–H and O–H groups in total. The van der Waals surface area contributed by atoms with E-state index in [1.165, 1.54) is 0 Å². The normalized spacial score (nSPS) is 9.89. The lowest BCUT2D eigenvalue weighted by Crippen LogP contribution is -2.24. The van der Waals surface area contributed by atoms with Crippen LogP contribution < -0.4 is 5.32 Å². The van der Waals surface area contributed by atoms with Gasteiger partial charge in [-0.3, -0.25) is 9.59 Å². The molecule has 0 saturated carbocycles. The van der Waals surface area contributed by atoms with Gasteiger partial charge in [-0.2, -0.15) is 0 Å². The Hall–Kier alpha value is -2.10. The van der Waals surface area contributed by atoms with E-state index in [1.54, 1.807) is 18.2 Å². The van der Waals surface area contributed by atoms with Crippen LogP contribution in [0.25, 0.3) is 6.08 Å². The first-order valence-electron chi connectivity index (χ1n) is 6.36. The molecule has 0 aromatic heterocycles. The molecule has 0 fully saturated rings. The molecule has 4 nitrogen and oxygen atoms in total. The van der Waals surface area contributed by atoms with Crippen molar-refractivity contribution in [2.45, 2.75) is 25.7 Å². The van der Waals surface area contributed by atoms with Gasteiger partial charge in [-0.15, -0.1) is 0 Å². The predicted molar refractivity (Wildman–Crippen MR) is 75.0 cm³/mol. The Labute approximate surface area is 113 Å². The van der Waals surface area contributed by atoms with Gasteiger partial charge in [0.25, 0.3) is 5.91 Å². The number of rotatable bonds is 8. The third kappa shape index (κ3) is 5.86. The van der Waals surface area contributed by atoms with Gasteiger partial charge in [0, 0.05) is 18.5 Å². The molecule has 0 unspecified atom stereocenters. The van der Waals surface area contributed by atoms with Crippen LogP contribution in [-0.4, -0.2) is 23.5 Å². The minimum Gasteiger partial charge on any atom is -0.481 e. The number of unbranched alkanes of at least 4 members (excludes halogenated alkanes) is 2. The van der Waals surface area contributed by atoms with Crippen molar-refractivity contribution in [2.75, 3.05) is 6.54 Å². The Morgan fingerprint density at radius 2 is 1.84 bits per heavy atom. The highest BCUT2D eigenvalue weighted by atomic mass is 16.4. The maximum atomic E-state index is 11.8. The maximum absolute atomic E-state index is 11.8. The van der Waals surface area contributed by atoms with E-state index in [-0.39, 0.29) is 12.3 Å². The Kier molecular flexibility index (Phi) is 6.36. The highest BCUT2D eigenvalue weighted by Gasteiger charge is 2.04. The molecular formula is C15H19NO3. The topological polar surface area (TPSA) is 66.4 Å². The molecule has 4 heteroatoms. The highest BCUT2D eigenvalue weighted by Crippen LogP contribution is 2.05. The number of carboxylic acids is 1. The van der Waals surface area contributed by atoms with Gasteiger partial charge in [0.05, 0.1) is 0 Å². The first-order chi connectivity index (χ1) is 9.13. The summed E-state index contributed by atoms with van der Waals surface area (Å²) < 4.78 is 0. The summed E-state index contributed by atoms with van der Waals surface area (Å²) in [6, 6.07) is 7.21. The number of carbonyl (C=O) groups is 2. The smallest absolute Gasteiger partial charge is 0.303 e. The third-order valence-corrected chi connectivity index (χ3v) is 2.76. The third-order valence-electron chi connectivity index (χ3n) is 2.76. The average Bonchev–Trinajstić information content (AvgIpc) is 2.42. The molecule has 102 valence electrons. The van der Waals surface area contributed by atoms with Gasteiger partial charge in [0.2, 0.25) is 0 Å². The van der Waals surface area contributed by atoms with Crippen molar-refractivity contribution in [3.63, 3.8) is 0 Å². The quantitative estimate of drug-likeness (QED) is 0.707. The molecule has 1 rings (SSSR count). The zero-order valence-corrected chi connectivity index (χ0v) is 10.9. The molecule has 0 aliphatic carbocycles. The van der Waals surface area contributed by atoms with Crippen molar-refractivity contribution in [1.29, 1.82) is 0 Å². The van der Waals surface area contributed by atoms with E-state index in [1.807, 2.05) is 12.1 Å². The molecule has 1 amide bonds. The lowest BCUT2D eigenvalue weighted by atomic mass is 10.1. The number of carboxylic acid groups (broad SMARTS) is 1. The van der Waals surface area contributed by atoms with Crippen molar-refractivity contribution in [1.82, 2.24) is 5.32 Å². The van der Waals surface area contributed by atoms with Crippen LogP contribution in [0.1, 0.15) is 41.6 Å². The number of benzene rings is 1. The van der Waals surface area contributed by atoms with Crippen LogP contribution in [0.3, 0.4) is 0 Å². The van der Waals surface area contributed by atoms with Crippen LogP contribution in [0.2, 0.25) is 0 Å². The molecule has 1 aromatic rings. The van der Waals surface area contributed by atoms with Gasteiger partial charge in [-0.05, 0) is 30.5 Å². The van der Waals surface area contributed by atoms with Crippen LogP contribution >= 0.6 is 0 Å². The summed E-state index contributed by atoms with van der Waals surface area (Å²) in [7, 11) is 0. The van der Waals surface area contributed by atoms with Crippen molar-refractivity contribution in [2.24, 2.45) is 0 Å². The number of amides is 1. The number of carbonyl (C=O) groups excluding carboxylic acids is 1. The van der Waals surface area contributed by atoms with Crippen molar-refractivity contribution >= 4 is 18.0 Å². The van der Waals surface area contributed by atoms with Crippen molar-refractivity contribution < 1.29 is 14.7 Å². The molecule has 0 heterocycles. The predicted octanol–water partition coefficient (Wildman–Crippen LogP) is 2.70. The molecule has 0 radical (unpaired) electrons. The summed E-state index contributed by atoms with van der Waals surface area (Å²) >= 11 is 0. The maximum Gasteiger partial charge on any atom is 0.303 e. The summed E-state index contributed by atoms with van der Waals surface area (Å²) in [6.45, 7) is 4.22. The van der Waals surface area contributed by atoms with Crippen molar-refractivity contribution in [3.05, 3.63) is 42.0 Å². The summed E-state index contributed by atoms with van der Waals surface area (Å²) in [6.07, 6.45) is 4.17. The molecule has 0 atom stereocenters. The minimum atomic E-state index is -0.772. The Morgan fingerprint density at radius 3 is 2.42 bits per heavy atom. The molecule has 0 saturated heterocycles. The van der Waals surface area contributed by atoms with Gasteiger partial charge < -0.3 is 10.4 Å². The van der Waals surface area contributed by atoms with E-state index < -0.39 is 5.97 Å². The fourth-order valence-electron chi connectivity index (χ4n) is 1.65. The number of aliphatic carboxylic acids is 1. The van der Waals surface area contributed by atoms with Gasteiger partial charge in [-0.1, -0.05) is 31.2 Å². The first-order valence-corrected chi connectivity index (χ1v) is 6.36. The fraction of sp³-hybridized carbons (Fsp3) is 0.333. The Balaban J connectivity index is 2.23. The zero-order valence-electron chi connectivity index (χ0n) is 10.9.